The van der Waals surface area contributed by atoms with Crippen LogP contribution in [0.2, 0.25) is 0 Å². The fraction of sp³-hybridized carbons (Fsp3) is 0.444. The van der Waals surface area contributed by atoms with Crippen LogP contribution >= 0.6 is 0 Å². The van der Waals surface area contributed by atoms with Crippen LogP contribution in [0, 0.1) is 0 Å². The van der Waals surface area contributed by atoms with Gasteiger partial charge in [0.1, 0.15) is 17.5 Å². The van der Waals surface area contributed by atoms with Crippen molar-refractivity contribution in [1.82, 2.24) is 4.98 Å². The zero-order valence-corrected chi connectivity index (χ0v) is 7.60. The molecule has 0 aromatic carbocycles. The van der Waals surface area contributed by atoms with Gasteiger partial charge in [-0.15, -0.1) is 0 Å². The van der Waals surface area contributed by atoms with Crippen molar-refractivity contribution in [2.24, 2.45) is 5.73 Å². The van der Waals surface area contributed by atoms with Gasteiger partial charge in [0.05, 0.1) is 7.11 Å². The molecule has 4 heteroatoms. The number of aromatic nitrogens is 1. The van der Waals surface area contributed by atoms with Gasteiger partial charge in [0, 0.05) is 6.20 Å². The molecule has 0 aliphatic rings. The van der Waals surface area contributed by atoms with Gasteiger partial charge in [-0.2, -0.15) is 0 Å². The second-order valence-corrected chi connectivity index (χ2v) is 2.68. The lowest BCUT2D eigenvalue weighted by Gasteiger charge is -2.11. The van der Waals surface area contributed by atoms with Crippen molar-refractivity contribution < 1.29 is 9.84 Å². The van der Waals surface area contributed by atoms with Crippen LogP contribution in [-0.2, 0) is 0 Å². The minimum atomic E-state index is -0.638. The number of rotatable bonds is 4. The van der Waals surface area contributed by atoms with E-state index in [0.717, 1.165) is 0 Å². The van der Waals surface area contributed by atoms with Crippen LogP contribution in [0.15, 0.2) is 18.3 Å². The number of hydrogen-bond donors (Lipinski definition) is 2. The standard InChI is InChI=1S/C9H14N2O2/c1-13-8-3-2-6-11-9(8)7(12)4-5-10/h2-3,6-7,12H,4-5,10H2,1H3. The Morgan fingerprint density at radius 3 is 3.08 bits per heavy atom. The first-order valence-corrected chi connectivity index (χ1v) is 4.16. The van der Waals surface area contributed by atoms with E-state index in [1.807, 2.05) is 0 Å². The maximum absolute atomic E-state index is 9.61. The molecule has 0 aliphatic heterocycles. The molecule has 0 radical (unpaired) electrons. The molecule has 4 nitrogen and oxygen atoms in total. The Balaban J connectivity index is 2.85. The summed E-state index contributed by atoms with van der Waals surface area (Å²) in [5.41, 5.74) is 5.88. The van der Waals surface area contributed by atoms with Gasteiger partial charge in [0.15, 0.2) is 0 Å². The predicted octanol–water partition coefficient (Wildman–Crippen LogP) is 0.472. The minimum absolute atomic E-state index is 0.431. The van der Waals surface area contributed by atoms with E-state index in [1.54, 1.807) is 25.4 Å². The Morgan fingerprint density at radius 1 is 1.69 bits per heavy atom. The Morgan fingerprint density at radius 2 is 2.46 bits per heavy atom. The molecule has 1 aromatic rings. The third-order valence-corrected chi connectivity index (χ3v) is 1.78. The Kier molecular flexibility index (Phi) is 3.67. The molecule has 3 N–H and O–H groups in total. The molecule has 72 valence electrons. The molecule has 13 heavy (non-hydrogen) atoms. The lowest BCUT2D eigenvalue weighted by atomic mass is 10.1. The van der Waals surface area contributed by atoms with E-state index < -0.39 is 6.10 Å². The first-order valence-electron chi connectivity index (χ1n) is 4.16. The van der Waals surface area contributed by atoms with Crippen LogP contribution in [0.3, 0.4) is 0 Å². The summed E-state index contributed by atoms with van der Waals surface area (Å²) in [6.45, 7) is 0.431. The summed E-state index contributed by atoms with van der Waals surface area (Å²) >= 11 is 0. The summed E-state index contributed by atoms with van der Waals surface area (Å²) in [5.74, 6) is 0.600. The highest BCUT2D eigenvalue weighted by Crippen LogP contribution is 2.23. The van der Waals surface area contributed by atoms with Crippen molar-refractivity contribution in [3.63, 3.8) is 0 Å². The molecule has 1 atom stereocenters. The number of nitrogens with zero attached hydrogens (tertiary/aromatic N) is 1. The smallest absolute Gasteiger partial charge is 0.143 e. The van der Waals surface area contributed by atoms with Crippen LogP contribution in [-0.4, -0.2) is 23.7 Å². The van der Waals surface area contributed by atoms with Crippen molar-refractivity contribution in [1.29, 1.82) is 0 Å². The topological polar surface area (TPSA) is 68.4 Å². The van der Waals surface area contributed by atoms with Gasteiger partial charge in [-0.05, 0) is 25.1 Å². The second-order valence-electron chi connectivity index (χ2n) is 2.68. The highest BCUT2D eigenvalue weighted by atomic mass is 16.5. The molecule has 1 aromatic heterocycles. The molecule has 0 aliphatic carbocycles. The largest absolute Gasteiger partial charge is 0.495 e. The van der Waals surface area contributed by atoms with Gasteiger partial charge in [0.25, 0.3) is 0 Å². The summed E-state index contributed by atoms with van der Waals surface area (Å²) < 4.78 is 5.05. The molecular weight excluding hydrogens is 168 g/mol. The Labute approximate surface area is 77.4 Å². The van der Waals surface area contributed by atoms with E-state index in [4.69, 9.17) is 10.5 Å². The first-order chi connectivity index (χ1) is 6.29. The molecule has 1 rings (SSSR count). The number of ether oxygens (including phenoxy) is 1. The van der Waals surface area contributed by atoms with Gasteiger partial charge in [-0.1, -0.05) is 0 Å². The summed E-state index contributed by atoms with van der Waals surface area (Å²) in [4.78, 5) is 4.04. The predicted molar refractivity (Wildman–Crippen MR) is 49.4 cm³/mol. The molecule has 0 bridgehead atoms. The second kappa shape index (κ2) is 4.79. The molecule has 0 amide bonds. The van der Waals surface area contributed by atoms with Gasteiger partial charge in [0.2, 0.25) is 0 Å². The van der Waals surface area contributed by atoms with Crippen molar-refractivity contribution in [3.8, 4) is 5.75 Å². The van der Waals surface area contributed by atoms with Gasteiger partial charge in [-0.25, -0.2) is 0 Å². The van der Waals surface area contributed by atoms with Crippen molar-refractivity contribution in [2.75, 3.05) is 13.7 Å². The normalized spacial score (nSPS) is 12.5. The summed E-state index contributed by atoms with van der Waals surface area (Å²) in [6.07, 6.45) is 1.48. The lowest BCUT2D eigenvalue weighted by molar-refractivity contribution is 0.161. The maximum atomic E-state index is 9.61. The summed E-state index contributed by atoms with van der Waals surface area (Å²) in [7, 11) is 1.55. The highest BCUT2D eigenvalue weighted by molar-refractivity contribution is 5.28. The molecule has 0 spiro atoms. The quantitative estimate of drug-likeness (QED) is 0.710. The van der Waals surface area contributed by atoms with E-state index in [0.29, 0.717) is 24.4 Å². The Hall–Kier alpha value is -1.13. The third kappa shape index (κ3) is 2.40. The van der Waals surface area contributed by atoms with Crippen molar-refractivity contribution >= 4 is 0 Å². The SMILES string of the molecule is COc1cccnc1C(O)CCN. The van der Waals surface area contributed by atoms with Crippen LogP contribution in [0.4, 0.5) is 0 Å². The zero-order chi connectivity index (χ0) is 9.68. The number of pyridine rings is 1. The van der Waals surface area contributed by atoms with Crippen molar-refractivity contribution in [3.05, 3.63) is 24.0 Å². The lowest BCUT2D eigenvalue weighted by Crippen LogP contribution is -2.09. The molecule has 0 saturated heterocycles. The molecule has 0 saturated carbocycles. The van der Waals surface area contributed by atoms with E-state index in [9.17, 15) is 5.11 Å². The number of aliphatic hydroxyl groups excluding tert-OH is 1. The fourth-order valence-electron chi connectivity index (χ4n) is 1.12. The number of nitrogens with two attached hydrogens (primary N) is 1. The Bertz CT molecular complexity index is 266. The number of hydrogen-bond acceptors (Lipinski definition) is 4. The van der Waals surface area contributed by atoms with Gasteiger partial charge in [-0.3, -0.25) is 4.98 Å². The van der Waals surface area contributed by atoms with E-state index >= 15 is 0 Å². The fourth-order valence-corrected chi connectivity index (χ4v) is 1.12. The first kappa shape index (κ1) is 9.95. The molecular formula is C9H14N2O2. The average molecular weight is 182 g/mol. The van der Waals surface area contributed by atoms with Gasteiger partial charge >= 0.3 is 0 Å². The number of aliphatic hydroxyl groups is 1. The van der Waals surface area contributed by atoms with Crippen molar-refractivity contribution in [2.45, 2.75) is 12.5 Å². The average Bonchev–Trinajstić information content (AvgIpc) is 2.18. The van der Waals surface area contributed by atoms with E-state index in [2.05, 4.69) is 4.98 Å². The maximum Gasteiger partial charge on any atom is 0.143 e. The molecule has 1 heterocycles. The summed E-state index contributed by atoms with van der Waals surface area (Å²) in [5, 5.41) is 9.61. The third-order valence-electron chi connectivity index (χ3n) is 1.78. The van der Waals surface area contributed by atoms with Crippen LogP contribution < -0.4 is 10.5 Å². The van der Waals surface area contributed by atoms with E-state index in [-0.39, 0.29) is 0 Å². The van der Waals surface area contributed by atoms with Crippen LogP contribution in [0.5, 0.6) is 5.75 Å². The van der Waals surface area contributed by atoms with Gasteiger partial charge < -0.3 is 15.6 Å². The zero-order valence-electron chi connectivity index (χ0n) is 7.60. The van der Waals surface area contributed by atoms with E-state index in [1.165, 1.54) is 0 Å². The molecule has 1 unspecified atom stereocenters. The van der Waals surface area contributed by atoms with Crippen LogP contribution in [0.25, 0.3) is 0 Å². The number of methoxy groups -OCH3 is 1. The summed E-state index contributed by atoms with van der Waals surface area (Å²) in [6, 6.07) is 3.53. The highest BCUT2D eigenvalue weighted by Gasteiger charge is 2.12. The van der Waals surface area contributed by atoms with Crippen LogP contribution in [0.1, 0.15) is 18.2 Å². The minimum Gasteiger partial charge on any atom is -0.495 e. The molecule has 0 fully saturated rings. The monoisotopic (exact) mass is 182 g/mol.